The Labute approximate surface area is 87.8 Å². The summed E-state index contributed by atoms with van der Waals surface area (Å²) in [5, 5.41) is 0. The number of nitrogens with two attached hydrogens (primary N) is 1. The van der Waals surface area contributed by atoms with E-state index in [4.69, 9.17) is 5.73 Å². The van der Waals surface area contributed by atoms with Crippen LogP contribution in [0.3, 0.4) is 0 Å². The summed E-state index contributed by atoms with van der Waals surface area (Å²) < 4.78 is 0. The highest BCUT2D eigenvalue weighted by atomic mass is 15.1. The van der Waals surface area contributed by atoms with Crippen molar-refractivity contribution in [1.29, 1.82) is 0 Å². The van der Waals surface area contributed by atoms with E-state index in [0.29, 0.717) is 6.04 Å². The van der Waals surface area contributed by atoms with E-state index in [2.05, 4.69) is 4.90 Å². The Morgan fingerprint density at radius 3 is 2.50 bits per heavy atom. The van der Waals surface area contributed by atoms with Gasteiger partial charge in [-0.15, -0.1) is 0 Å². The van der Waals surface area contributed by atoms with Crippen molar-refractivity contribution >= 4 is 0 Å². The van der Waals surface area contributed by atoms with Crippen LogP contribution in [0.1, 0.15) is 44.9 Å². The number of nitrogens with zero attached hydrogens (tertiary/aromatic N) is 1. The van der Waals surface area contributed by atoms with Crippen LogP contribution in [-0.4, -0.2) is 30.6 Å². The predicted molar refractivity (Wildman–Crippen MR) is 60.2 cm³/mol. The normalized spacial score (nSPS) is 31.9. The van der Waals surface area contributed by atoms with E-state index < -0.39 is 0 Å². The Balaban J connectivity index is 1.72. The van der Waals surface area contributed by atoms with E-state index >= 15 is 0 Å². The Bertz CT molecular complexity index is 164. The van der Waals surface area contributed by atoms with Crippen LogP contribution in [0.2, 0.25) is 0 Å². The Kier molecular flexibility index (Phi) is 3.82. The van der Waals surface area contributed by atoms with Crippen LogP contribution in [-0.2, 0) is 0 Å². The fourth-order valence-corrected chi connectivity index (χ4v) is 2.99. The summed E-state index contributed by atoms with van der Waals surface area (Å²) in [7, 11) is 0. The maximum Gasteiger partial charge on any atom is 0.0168 e. The van der Waals surface area contributed by atoms with Gasteiger partial charge in [-0.1, -0.05) is 19.3 Å². The lowest BCUT2D eigenvalue weighted by molar-refractivity contribution is 0.161. The zero-order valence-electron chi connectivity index (χ0n) is 9.25. The molecule has 2 rings (SSSR count). The molecule has 1 aliphatic carbocycles. The van der Waals surface area contributed by atoms with Crippen molar-refractivity contribution in [1.82, 2.24) is 4.90 Å². The molecule has 82 valence electrons. The Morgan fingerprint density at radius 2 is 1.79 bits per heavy atom. The molecule has 0 aromatic rings. The largest absolute Gasteiger partial charge is 0.327 e. The maximum atomic E-state index is 5.99. The van der Waals surface area contributed by atoms with Crippen molar-refractivity contribution in [2.24, 2.45) is 11.7 Å². The molecule has 1 atom stereocenters. The molecule has 2 heteroatoms. The third-order valence-corrected chi connectivity index (χ3v) is 3.78. The van der Waals surface area contributed by atoms with Gasteiger partial charge in [-0.25, -0.2) is 0 Å². The summed E-state index contributed by atoms with van der Waals surface area (Å²) in [4.78, 5) is 2.60. The molecule has 0 bridgehead atoms. The monoisotopic (exact) mass is 196 g/mol. The smallest absolute Gasteiger partial charge is 0.0168 e. The minimum absolute atomic E-state index is 0.451. The van der Waals surface area contributed by atoms with Gasteiger partial charge in [0.05, 0.1) is 0 Å². The lowest BCUT2D eigenvalue weighted by atomic mass is 9.88. The molecule has 2 aliphatic rings. The molecule has 2 fully saturated rings. The van der Waals surface area contributed by atoms with E-state index in [1.165, 1.54) is 58.0 Å². The molecule has 1 aliphatic heterocycles. The van der Waals surface area contributed by atoms with Gasteiger partial charge in [0, 0.05) is 19.1 Å². The van der Waals surface area contributed by atoms with Gasteiger partial charge in [0.2, 0.25) is 0 Å². The molecule has 14 heavy (non-hydrogen) atoms. The summed E-state index contributed by atoms with van der Waals surface area (Å²) in [5.74, 6) is 0.981. The number of piperidine rings is 1. The first-order valence-corrected chi connectivity index (χ1v) is 6.32. The van der Waals surface area contributed by atoms with Gasteiger partial charge in [0.1, 0.15) is 0 Å². The van der Waals surface area contributed by atoms with Gasteiger partial charge in [-0.05, 0) is 38.1 Å². The van der Waals surface area contributed by atoms with Crippen LogP contribution in [0.4, 0.5) is 0 Å². The first-order chi connectivity index (χ1) is 6.84. The van der Waals surface area contributed by atoms with Gasteiger partial charge in [0.25, 0.3) is 0 Å². The topological polar surface area (TPSA) is 29.3 Å². The van der Waals surface area contributed by atoms with Crippen LogP contribution in [0.15, 0.2) is 0 Å². The third kappa shape index (κ3) is 2.96. The lowest BCUT2D eigenvalue weighted by Crippen LogP contribution is -2.44. The molecule has 1 saturated carbocycles. The fourth-order valence-electron chi connectivity index (χ4n) is 2.99. The Hall–Kier alpha value is -0.0800. The quantitative estimate of drug-likeness (QED) is 0.732. The molecular weight excluding hydrogens is 172 g/mol. The zero-order valence-corrected chi connectivity index (χ0v) is 9.25. The maximum absolute atomic E-state index is 5.99. The highest BCUT2D eigenvalue weighted by Crippen LogP contribution is 2.25. The van der Waals surface area contributed by atoms with Crippen LogP contribution in [0, 0.1) is 5.92 Å². The molecule has 1 unspecified atom stereocenters. The number of likely N-dealkylation sites (tertiary alicyclic amines) is 1. The molecule has 0 radical (unpaired) electrons. The predicted octanol–water partition coefficient (Wildman–Crippen LogP) is 1.99. The second-order valence-corrected chi connectivity index (χ2v) is 5.17. The van der Waals surface area contributed by atoms with Crippen LogP contribution >= 0.6 is 0 Å². The zero-order chi connectivity index (χ0) is 9.80. The minimum Gasteiger partial charge on any atom is -0.327 e. The number of hydrogen-bond acceptors (Lipinski definition) is 2. The van der Waals surface area contributed by atoms with Gasteiger partial charge < -0.3 is 10.6 Å². The molecule has 0 aromatic heterocycles. The second kappa shape index (κ2) is 5.13. The average molecular weight is 196 g/mol. The number of rotatable bonds is 2. The molecule has 2 nitrogen and oxygen atoms in total. The molecule has 0 amide bonds. The Morgan fingerprint density at radius 1 is 1.00 bits per heavy atom. The first-order valence-electron chi connectivity index (χ1n) is 6.32. The summed E-state index contributed by atoms with van der Waals surface area (Å²) in [6, 6.07) is 0.451. The van der Waals surface area contributed by atoms with Crippen LogP contribution in [0.5, 0.6) is 0 Å². The summed E-state index contributed by atoms with van der Waals surface area (Å²) >= 11 is 0. The third-order valence-electron chi connectivity index (χ3n) is 3.78. The average Bonchev–Trinajstić information content (AvgIpc) is 2.19. The van der Waals surface area contributed by atoms with Crippen molar-refractivity contribution in [3.8, 4) is 0 Å². The fraction of sp³-hybridized carbons (Fsp3) is 1.00. The van der Waals surface area contributed by atoms with E-state index in [-0.39, 0.29) is 0 Å². The summed E-state index contributed by atoms with van der Waals surface area (Å²) in [6.45, 7) is 3.77. The van der Waals surface area contributed by atoms with Crippen LogP contribution in [0.25, 0.3) is 0 Å². The first kappa shape index (κ1) is 10.4. The SMILES string of the molecule is NC1CCCN(CC2CCCCC2)C1. The highest BCUT2D eigenvalue weighted by molar-refractivity contribution is 4.78. The van der Waals surface area contributed by atoms with Crippen molar-refractivity contribution in [3.63, 3.8) is 0 Å². The highest BCUT2D eigenvalue weighted by Gasteiger charge is 2.21. The van der Waals surface area contributed by atoms with Crippen molar-refractivity contribution < 1.29 is 0 Å². The van der Waals surface area contributed by atoms with Gasteiger partial charge >= 0.3 is 0 Å². The van der Waals surface area contributed by atoms with E-state index in [1.54, 1.807) is 0 Å². The van der Waals surface area contributed by atoms with E-state index in [0.717, 1.165) is 12.5 Å². The molecular formula is C12H24N2. The van der Waals surface area contributed by atoms with Crippen molar-refractivity contribution in [3.05, 3.63) is 0 Å². The standard InChI is InChI=1S/C12H24N2/c13-12-7-4-8-14(10-12)9-11-5-2-1-3-6-11/h11-12H,1-10,13H2. The van der Waals surface area contributed by atoms with Crippen molar-refractivity contribution in [2.75, 3.05) is 19.6 Å². The molecule has 1 saturated heterocycles. The van der Waals surface area contributed by atoms with Gasteiger partial charge in [0.15, 0.2) is 0 Å². The lowest BCUT2D eigenvalue weighted by Gasteiger charge is -2.34. The van der Waals surface area contributed by atoms with Crippen LogP contribution < -0.4 is 5.73 Å². The van der Waals surface area contributed by atoms with Gasteiger partial charge in [-0.2, -0.15) is 0 Å². The molecule has 2 N–H and O–H groups in total. The van der Waals surface area contributed by atoms with Gasteiger partial charge in [-0.3, -0.25) is 0 Å². The van der Waals surface area contributed by atoms with Crippen molar-refractivity contribution in [2.45, 2.75) is 51.0 Å². The summed E-state index contributed by atoms with van der Waals surface area (Å²) in [6.07, 6.45) is 9.87. The summed E-state index contributed by atoms with van der Waals surface area (Å²) in [5.41, 5.74) is 5.99. The molecule has 1 heterocycles. The second-order valence-electron chi connectivity index (χ2n) is 5.17. The number of hydrogen-bond donors (Lipinski definition) is 1. The molecule has 0 spiro atoms. The van der Waals surface area contributed by atoms with E-state index in [9.17, 15) is 0 Å². The molecule has 0 aromatic carbocycles. The van der Waals surface area contributed by atoms with E-state index in [1.807, 2.05) is 0 Å². The minimum atomic E-state index is 0.451.